The van der Waals surface area contributed by atoms with Gasteiger partial charge in [0.2, 0.25) is 0 Å². The lowest BCUT2D eigenvalue weighted by molar-refractivity contribution is -0.0318. The molecule has 8 heteroatoms. The van der Waals surface area contributed by atoms with Crippen molar-refractivity contribution in [3.63, 3.8) is 0 Å². The average molecular weight is 511 g/mol. The van der Waals surface area contributed by atoms with Gasteiger partial charge in [-0.3, -0.25) is 4.98 Å². The van der Waals surface area contributed by atoms with Gasteiger partial charge in [-0.1, -0.05) is 24.2 Å². The van der Waals surface area contributed by atoms with Crippen LogP contribution in [-0.2, 0) is 4.74 Å². The van der Waals surface area contributed by atoms with E-state index >= 15 is 0 Å². The van der Waals surface area contributed by atoms with Crippen LogP contribution in [0.1, 0.15) is 56.0 Å². The molecule has 2 saturated carbocycles. The van der Waals surface area contributed by atoms with Gasteiger partial charge in [0, 0.05) is 23.4 Å². The number of nitrogens with one attached hydrogen (secondary N) is 1. The van der Waals surface area contributed by atoms with Crippen molar-refractivity contribution in [2.24, 2.45) is 17.8 Å². The van der Waals surface area contributed by atoms with Gasteiger partial charge in [-0.15, -0.1) is 16.6 Å². The van der Waals surface area contributed by atoms with Crippen molar-refractivity contribution in [3.8, 4) is 34.3 Å². The first-order valence-corrected chi connectivity index (χ1v) is 14.0. The topological polar surface area (TPSA) is 77.2 Å². The maximum absolute atomic E-state index is 5.56. The first-order valence-electron chi connectivity index (χ1n) is 13.1. The molecule has 4 aromatic heterocycles. The van der Waals surface area contributed by atoms with Gasteiger partial charge < -0.3 is 10.1 Å². The summed E-state index contributed by atoms with van der Waals surface area (Å²) >= 11 is 1.73. The minimum absolute atomic E-state index is 0.124. The highest BCUT2D eigenvalue weighted by Gasteiger charge is 2.41. The molecule has 4 atom stereocenters. The van der Waals surface area contributed by atoms with Crippen LogP contribution in [0.25, 0.3) is 27.5 Å². The summed E-state index contributed by atoms with van der Waals surface area (Å²) in [7, 11) is 0. The van der Waals surface area contributed by atoms with Crippen LogP contribution in [-0.4, -0.2) is 43.5 Å². The van der Waals surface area contributed by atoms with Gasteiger partial charge in [0.15, 0.2) is 5.01 Å². The number of hydrogen-bond donors (Lipinski definition) is 1. The second kappa shape index (κ2) is 8.64. The summed E-state index contributed by atoms with van der Waals surface area (Å²) in [6.45, 7) is 5.95. The predicted molar refractivity (Wildman–Crippen MR) is 145 cm³/mol. The number of fused-ring (bicyclic) bond motifs is 3. The number of ether oxygens (including phenoxy) is 1. The Bertz CT molecular complexity index is 1510. The van der Waals surface area contributed by atoms with Crippen LogP contribution in [0.2, 0.25) is 0 Å². The summed E-state index contributed by atoms with van der Waals surface area (Å²) in [5.41, 5.74) is 5.29. The Kier molecular flexibility index (Phi) is 5.34. The van der Waals surface area contributed by atoms with E-state index in [1.54, 1.807) is 17.5 Å². The van der Waals surface area contributed by atoms with Crippen LogP contribution in [0, 0.1) is 30.1 Å². The van der Waals surface area contributed by atoms with E-state index in [2.05, 4.69) is 41.3 Å². The molecule has 4 aromatic rings. The highest BCUT2D eigenvalue weighted by molar-refractivity contribution is 7.14. The Morgan fingerprint density at radius 2 is 1.95 bits per heavy atom. The molecule has 2 aliphatic carbocycles. The SMILES string of the molecule is C#Cc1cnn2c(-c3cc(NC4(C)COC4)c(-c4nnc(C5C[C@H]6CC[C@@H](C5)C6C)s4)cn3)ccc2c1. The maximum Gasteiger partial charge on any atom is 0.151 e. The summed E-state index contributed by atoms with van der Waals surface area (Å²) in [6, 6.07) is 8.10. The number of nitrogens with zero attached hydrogens (tertiary/aromatic N) is 5. The highest BCUT2D eigenvalue weighted by Crippen LogP contribution is 2.52. The monoisotopic (exact) mass is 510 g/mol. The fourth-order valence-corrected chi connectivity index (χ4v) is 7.48. The van der Waals surface area contributed by atoms with Gasteiger partial charge in [-0.25, -0.2) is 4.52 Å². The molecule has 1 N–H and O–H groups in total. The highest BCUT2D eigenvalue weighted by atomic mass is 32.1. The minimum Gasteiger partial charge on any atom is -0.376 e. The lowest BCUT2D eigenvalue weighted by Crippen LogP contribution is -2.53. The van der Waals surface area contributed by atoms with Gasteiger partial charge in [0.05, 0.1) is 47.4 Å². The van der Waals surface area contributed by atoms with E-state index in [0.717, 1.165) is 56.5 Å². The zero-order chi connectivity index (χ0) is 25.1. The molecule has 2 bridgehead atoms. The van der Waals surface area contributed by atoms with E-state index in [1.807, 2.05) is 28.9 Å². The molecule has 7 nitrogen and oxygen atoms in total. The lowest BCUT2D eigenvalue weighted by atomic mass is 9.74. The van der Waals surface area contributed by atoms with E-state index in [0.29, 0.717) is 19.1 Å². The molecule has 0 aromatic carbocycles. The minimum atomic E-state index is -0.124. The van der Waals surface area contributed by atoms with Crippen LogP contribution >= 0.6 is 11.3 Å². The van der Waals surface area contributed by atoms with Crippen molar-refractivity contribution in [1.82, 2.24) is 24.8 Å². The maximum atomic E-state index is 5.56. The van der Waals surface area contributed by atoms with E-state index in [9.17, 15) is 0 Å². The second-order valence-electron chi connectivity index (χ2n) is 11.3. The molecule has 0 spiro atoms. The van der Waals surface area contributed by atoms with Crippen molar-refractivity contribution in [3.05, 3.63) is 47.2 Å². The normalized spacial score (nSPS) is 26.1. The van der Waals surface area contributed by atoms with Gasteiger partial charge in [0.25, 0.3) is 0 Å². The van der Waals surface area contributed by atoms with Gasteiger partial charge in [0.1, 0.15) is 5.01 Å². The smallest absolute Gasteiger partial charge is 0.151 e. The van der Waals surface area contributed by atoms with Crippen molar-refractivity contribution in [2.75, 3.05) is 18.5 Å². The number of pyridine rings is 1. The molecule has 3 aliphatic rings. The fraction of sp³-hybridized carbons (Fsp3) is 0.448. The summed E-state index contributed by atoms with van der Waals surface area (Å²) in [5.74, 6) is 5.73. The van der Waals surface area contributed by atoms with Gasteiger partial charge in [-0.05, 0) is 74.6 Å². The molecule has 3 fully saturated rings. The Morgan fingerprint density at radius 3 is 2.68 bits per heavy atom. The lowest BCUT2D eigenvalue weighted by Gasteiger charge is -2.40. The van der Waals surface area contributed by atoms with Crippen LogP contribution in [0.3, 0.4) is 0 Å². The predicted octanol–water partition coefficient (Wildman–Crippen LogP) is 5.64. The summed E-state index contributed by atoms with van der Waals surface area (Å²) < 4.78 is 7.40. The van der Waals surface area contributed by atoms with Crippen LogP contribution in [0.5, 0.6) is 0 Å². The van der Waals surface area contributed by atoms with Gasteiger partial charge in [-0.2, -0.15) is 5.10 Å². The quantitative estimate of drug-likeness (QED) is 0.350. The number of terminal acetylenes is 1. The molecular weight excluding hydrogens is 480 g/mol. The first kappa shape index (κ1) is 22.9. The molecule has 5 heterocycles. The average Bonchev–Trinajstić information content (AvgIpc) is 3.58. The van der Waals surface area contributed by atoms with Crippen molar-refractivity contribution < 1.29 is 4.74 Å². The van der Waals surface area contributed by atoms with Crippen LogP contribution in [0.4, 0.5) is 5.69 Å². The number of hydrogen-bond acceptors (Lipinski definition) is 7. The summed E-state index contributed by atoms with van der Waals surface area (Å²) in [4.78, 5) is 4.86. The fourth-order valence-electron chi connectivity index (χ4n) is 6.49. The number of anilines is 1. The van der Waals surface area contributed by atoms with Crippen molar-refractivity contribution >= 4 is 22.5 Å². The van der Waals surface area contributed by atoms with Crippen molar-refractivity contribution in [2.45, 2.75) is 51.0 Å². The Balaban J connectivity index is 1.25. The second-order valence-corrected chi connectivity index (χ2v) is 12.3. The zero-order valence-corrected chi connectivity index (χ0v) is 22.0. The Labute approximate surface area is 220 Å². The summed E-state index contributed by atoms with van der Waals surface area (Å²) in [5, 5.41) is 19.7. The Hall–Kier alpha value is -3.28. The molecule has 7 rings (SSSR count). The molecule has 188 valence electrons. The largest absolute Gasteiger partial charge is 0.376 e. The van der Waals surface area contributed by atoms with E-state index in [-0.39, 0.29) is 5.54 Å². The van der Waals surface area contributed by atoms with E-state index in [1.165, 1.54) is 30.7 Å². The number of aromatic nitrogens is 5. The van der Waals surface area contributed by atoms with Gasteiger partial charge >= 0.3 is 0 Å². The molecule has 2 unspecified atom stereocenters. The Morgan fingerprint density at radius 1 is 1.14 bits per heavy atom. The third kappa shape index (κ3) is 3.92. The zero-order valence-electron chi connectivity index (χ0n) is 21.1. The van der Waals surface area contributed by atoms with Crippen molar-refractivity contribution in [1.29, 1.82) is 0 Å². The molecule has 1 aliphatic heterocycles. The van der Waals surface area contributed by atoms with E-state index in [4.69, 9.17) is 21.2 Å². The third-order valence-corrected chi connectivity index (χ3v) is 9.82. The molecule has 0 radical (unpaired) electrons. The van der Waals surface area contributed by atoms with Crippen LogP contribution in [0.15, 0.2) is 36.7 Å². The van der Waals surface area contributed by atoms with E-state index < -0.39 is 0 Å². The molecule has 1 saturated heterocycles. The summed E-state index contributed by atoms with van der Waals surface area (Å²) in [6.07, 6.45) is 14.4. The molecule has 37 heavy (non-hydrogen) atoms. The number of rotatable bonds is 5. The third-order valence-electron chi connectivity index (χ3n) is 8.70. The molecule has 0 amide bonds. The standard InChI is InChI=1S/C29H30N6OS/c1-4-18-9-22-7-8-26(35(22)31-13-18)25-12-24(32-29(3)15-36-16-29)23(14-30-25)28-34-33-27(37-28)21-10-19-5-6-20(11-21)17(19)2/h1,7-9,12-14,17,19-21H,5-6,10-11,15-16H2,2-3H3,(H,30,32)/t17?,19-,20+,21?. The molecular formula is C29H30N6OS. The van der Waals surface area contributed by atoms with Crippen LogP contribution < -0.4 is 5.32 Å². The first-order chi connectivity index (χ1) is 18.0.